The number of benzene rings is 1. The molecule has 0 unspecified atom stereocenters. The number of aromatic hydroxyl groups is 1. The fourth-order valence-electron chi connectivity index (χ4n) is 1.51. The van der Waals surface area contributed by atoms with Crippen LogP contribution in [0, 0.1) is 0 Å². The van der Waals surface area contributed by atoms with Crippen LogP contribution in [0.1, 0.15) is 15.9 Å². The Balaban J connectivity index is 2.08. The number of nitrogens with one attached hydrogen (secondary N) is 1. The van der Waals surface area contributed by atoms with Crippen molar-refractivity contribution in [1.29, 1.82) is 0 Å². The second-order valence-electron chi connectivity index (χ2n) is 3.81. The van der Waals surface area contributed by atoms with Crippen LogP contribution < -0.4 is 11.1 Å². The summed E-state index contributed by atoms with van der Waals surface area (Å²) in [6, 6.07) is 6.48. The van der Waals surface area contributed by atoms with Crippen LogP contribution in [0.3, 0.4) is 0 Å². The maximum atomic E-state index is 12.0. The van der Waals surface area contributed by atoms with Gasteiger partial charge in [-0.25, -0.2) is 0 Å². The van der Waals surface area contributed by atoms with E-state index in [9.17, 15) is 9.90 Å². The summed E-state index contributed by atoms with van der Waals surface area (Å²) in [4.78, 5) is 12.0. The predicted molar refractivity (Wildman–Crippen MR) is 83.4 cm³/mol. The van der Waals surface area contributed by atoms with Crippen molar-refractivity contribution in [3.8, 4) is 5.75 Å². The molecule has 4 nitrogen and oxygen atoms in total. The number of thiophene rings is 1. The van der Waals surface area contributed by atoms with E-state index >= 15 is 0 Å². The molecule has 1 aromatic heterocycles. The Bertz CT molecular complexity index is 628. The lowest BCUT2D eigenvalue weighted by Gasteiger charge is -2.07. The molecule has 1 aromatic carbocycles. The van der Waals surface area contributed by atoms with Gasteiger partial charge in [0.05, 0.1) is 13.1 Å². The molecule has 7 heteroatoms. The Morgan fingerprint density at radius 3 is 2.74 bits per heavy atom. The molecule has 0 radical (unpaired) electrons. The van der Waals surface area contributed by atoms with E-state index in [1.807, 2.05) is 0 Å². The summed E-state index contributed by atoms with van der Waals surface area (Å²) < 4.78 is 1.63. The first kappa shape index (κ1) is 14.4. The van der Waals surface area contributed by atoms with Crippen molar-refractivity contribution in [1.82, 2.24) is 5.32 Å². The molecule has 0 saturated heterocycles. The molecule has 0 aliphatic rings. The summed E-state index contributed by atoms with van der Waals surface area (Å²) in [6.45, 7) is 0.218. The first-order chi connectivity index (χ1) is 8.97. The van der Waals surface area contributed by atoms with Gasteiger partial charge in [-0.2, -0.15) is 0 Å². The molecular weight excluding hydrogens is 396 g/mol. The summed E-state index contributed by atoms with van der Waals surface area (Å²) in [7, 11) is 0. The van der Waals surface area contributed by atoms with Gasteiger partial charge >= 0.3 is 0 Å². The van der Waals surface area contributed by atoms with E-state index < -0.39 is 0 Å². The molecule has 0 aliphatic heterocycles. The molecule has 100 valence electrons. The molecular formula is C12H10Br2N2O2S. The maximum Gasteiger partial charge on any atom is 0.253 e. The van der Waals surface area contributed by atoms with Crippen LogP contribution in [-0.4, -0.2) is 11.0 Å². The van der Waals surface area contributed by atoms with Gasteiger partial charge in [0.2, 0.25) is 0 Å². The van der Waals surface area contributed by atoms with E-state index in [2.05, 4.69) is 37.2 Å². The maximum absolute atomic E-state index is 12.0. The Morgan fingerprint density at radius 1 is 1.37 bits per heavy atom. The Hall–Kier alpha value is -1.05. The minimum atomic E-state index is -0.212. The number of carbonyl (C=O) groups excluding carboxylic acids is 1. The van der Waals surface area contributed by atoms with E-state index in [0.29, 0.717) is 16.8 Å². The highest BCUT2D eigenvalue weighted by atomic mass is 79.9. The average Bonchev–Trinajstić information content (AvgIpc) is 2.69. The molecule has 0 atom stereocenters. The highest BCUT2D eigenvalue weighted by Crippen LogP contribution is 2.31. The quantitative estimate of drug-likeness (QED) is 0.540. The average molecular weight is 406 g/mol. The number of rotatable bonds is 3. The van der Waals surface area contributed by atoms with Crippen molar-refractivity contribution < 1.29 is 9.90 Å². The van der Waals surface area contributed by atoms with Crippen molar-refractivity contribution in [3.63, 3.8) is 0 Å². The van der Waals surface area contributed by atoms with Crippen LogP contribution in [0.4, 0.5) is 5.69 Å². The van der Waals surface area contributed by atoms with Gasteiger partial charge in [-0.05, 0) is 56.1 Å². The number of anilines is 1. The molecule has 4 N–H and O–H groups in total. The minimum Gasteiger partial charge on any atom is -0.508 e. The number of hydrogen-bond donors (Lipinski definition) is 3. The Labute approximate surface area is 130 Å². The van der Waals surface area contributed by atoms with Gasteiger partial charge in [0.25, 0.3) is 5.91 Å². The lowest BCUT2D eigenvalue weighted by molar-refractivity contribution is 0.0950. The second-order valence-corrected chi connectivity index (χ2v) is 7.56. The highest BCUT2D eigenvalue weighted by Gasteiger charge is 2.13. The fourth-order valence-corrected chi connectivity index (χ4v) is 4.31. The monoisotopic (exact) mass is 404 g/mol. The van der Waals surface area contributed by atoms with Gasteiger partial charge in [0.1, 0.15) is 5.75 Å². The zero-order valence-corrected chi connectivity index (χ0v) is 13.6. The minimum absolute atomic E-state index is 0.111. The van der Waals surface area contributed by atoms with Crippen molar-refractivity contribution >= 4 is 54.8 Å². The van der Waals surface area contributed by atoms with Gasteiger partial charge in [-0.3, -0.25) is 4.79 Å². The normalized spacial score (nSPS) is 10.4. The molecule has 0 bridgehead atoms. The molecule has 2 aromatic rings. The highest BCUT2D eigenvalue weighted by molar-refractivity contribution is 9.12. The van der Waals surface area contributed by atoms with E-state index in [4.69, 9.17) is 5.73 Å². The van der Waals surface area contributed by atoms with Gasteiger partial charge < -0.3 is 16.2 Å². The third kappa shape index (κ3) is 3.49. The first-order valence-electron chi connectivity index (χ1n) is 5.28. The predicted octanol–water partition coefficient (Wildman–Crippen LogP) is 3.49. The molecule has 0 fully saturated rings. The summed E-state index contributed by atoms with van der Waals surface area (Å²) in [5, 5.41) is 12.4. The number of hydrogen-bond acceptors (Lipinski definition) is 4. The van der Waals surface area contributed by atoms with Crippen LogP contribution in [0.2, 0.25) is 0 Å². The molecule has 1 amide bonds. The van der Waals surface area contributed by atoms with Crippen molar-refractivity contribution in [2.24, 2.45) is 0 Å². The number of phenolic OH excluding ortho intramolecular Hbond substituents is 1. The molecule has 0 saturated carbocycles. The van der Waals surface area contributed by atoms with Gasteiger partial charge in [-0.15, -0.1) is 11.3 Å². The van der Waals surface area contributed by atoms with Crippen LogP contribution >= 0.6 is 43.2 Å². The standard InChI is InChI=1S/C12H10Br2N2O2S/c13-10-4-8(11(14)19-10)12(18)16-5-6-3-7(15)1-2-9(6)17/h1-4,17H,5,15H2,(H,16,18). The van der Waals surface area contributed by atoms with Crippen molar-refractivity contribution in [2.45, 2.75) is 6.54 Å². The SMILES string of the molecule is Nc1ccc(O)c(CNC(=O)c2cc(Br)sc2Br)c1. The molecule has 1 heterocycles. The largest absolute Gasteiger partial charge is 0.508 e. The van der Waals surface area contributed by atoms with Gasteiger partial charge in [0, 0.05) is 17.8 Å². The second kappa shape index (κ2) is 5.94. The van der Waals surface area contributed by atoms with Crippen molar-refractivity contribution in [2.75, 3.05) is 5.73 Å². The summed E-state index contributed by atoms with van der Waals surface area (Å²) in [5.74, 6) is -0.101. The number of phenols is 1. The fraction of sp³-hybridized carbons (Fsp3) is 0.0833. The topological polar surface area (TPSA) is 75.3 Å². The van der Waals surface area contributed by atoms with E-state index in [1.54, 1.807) is 18.2 Å². The third-order valence-electron chi connectivity index (χ3n) is 2.44. The summed E-state index contributed by atoms with van der Waals surface area (Å²) in [6.07, 6.45) is 0. The van der Waals surface area contributed by atoms with Crippen LogP contribution in [-0.2, 0) is 6.54 Å². The number of nitrogens with two attached hydrogens (primary N) is 1. The molecule has 19 heavy (non-hydrogen) atoms. The molecule has 0 spiro atoms. The van der Waals surface area contributed by atoms with Crippen LogP contribution in [0.15, 0.2) is 31.8 Å². The zero-order chi connectivity index (χ0) is 14.0. The smallest absolute Gasteiger partial charge is 0.253 e. The number of amides is 1. The summed E-state index contributed by atoms with van der Waals surface area (Å²) >= 11 is 8.08. The lowest BCUT2D eigenvalue weighted by Crippen LogP contribution is -2.22. The number of carbonyl (C=O) groups is 1. The number of halogens is 2. The number of nitrogen functional groups attached to an aromatic ring is 1. The summed E-state index contributed by atoms with van der Waals surface area (Å²) in [5.41, 5.74) is 7.32. The molecule has 2 rings (SSSR count). The van der Waals surface area contributed by atoms with Crippen LogP contribution in [0.5, 0.6) is 5.75 Å². The van der Waals surface area contributed by atoms with Crippen molar-refractivity contribution in [3.05, 3.63) is 43.0 Å². The van der Waals surface area contributed by atoms with Crippen LogP contribution in [0.25, 0.3) is 0 Å². The van der Waals surface area contributed by atoms with E-state index in [-0.39, 0.29) is 18.2 Å². The Morgan fingerprint density at radius 2 is 2.11 bits per heavy atom. The zero-order valence-electron chi connectivity index (χ0n) is 9.61. The van der Waals surface area contributed by atoms with Gasteiger partial charge in [-0.1, -0.05) is 0 Å². The third-order valence-corrected chi connectivity index (χ3v) is 4.78. The molecule has 0 aliphatic carbocycles. The lowest BCUT2D eigenvalue weighted by atomic mass is 10.1. The first-order valence-corrected chi connectivity index (χ1v) is 7.68. The Kier molecular flexibility index (Phi) is 4.49. The van der Waals surface area contributed by atoms with Gasteiger partial charge in [0.15, 0.2) is 0 Å². The van der Waals surface area contributed by atoms with E-state index in [0.717, 1.165) is 7.57 Å². The van der Waals surface area contributed by atoms with E-state index in [1.165, 1.54) is 17.4 Å².